The number of aromatic amines is 1. The molecular formula is C26H25FN8O2. The zero-order valence-electron chi connectivity index (χ0n) is 20.2. The quantitative estimate of drug-likeness (QED) is 0.258. The first-order valence-corrected chi connectivity index (χ1v) is 12.2. The summed E-state index contributed by atoms with van der Waals surface area (Å²) in [5.74, 6) is -0.157. The van der Waals surface area contributed by atoms with Gasteiger partial charge in [-0.05, 0) is 43.5 Å². The number of nitrogens with one attached hydrogen (secondary N) is 3. The van der Waals surface area contributed by atoms with Crippen LogP contribution < -0.4 is 10.6 Å². The number of pyridine rings is 2. The van der Waals surface area contributed by atoms with Crippen LogP contribution in [0.3, 0.4) is 0 Å². The highest BCUT2D eigenvalue weighted by molar-refractivity contribution is 6.18. The third kappa shape index (κ3) is 4.59. The standard InChI is InChI=1S/C26H25FN8O2/c1-35-9-8-15(10-21(35)36)33-26-22-18(12-29-25(22)30-13-31-26)23(37)17-5-7-20(34-24(17)27)32-16-4-6-19(28-11-16)14-2-3-14/h4-7,11-15H,2-3,8-10H2,1H3,(H,32,34)(H2,29,30,31,33). The first-order chi connectivity index (χ1) is 18.0. The predicted octanol–water partition coefficient (Wildman–Crippen LogP) is 3.77. The molecule has 0 bridgehead atoms. The number of carbonyl (C=O) groups excluding carboxylic acids is 2. The van der Waals surface area contributed by atoms with Crippen LogP contribution >= 0.6 is 0 Å². The molecule has 10 nitrogen and oxygen atoms in total. The van der Waals surface area contributed by atoms with E-state index in [1.165, 1.54) is 31.4 Å². The second-order valence-electron chi connectivity index (χ2n) is 9.53. The predicted molar refractivity (Wildman–Crippen MR) is 135 cm³/mol. The smallest absolute Gasteiger partial charge is 0.226 e. The van der Waals surface area contributed by atoms with Crippen LogP contribution in [0.25, 0.3) is 11.0 Å². The largest absolute Gasteiger partial charge is 0.366 e. The number of nitrogens with zero attached hydrogens (tertiary/aromatic N) is 5. The van der Waals surface area contributed by atoms with Crippen LogP contribution in [0.15, 0.2) is 43.0 Å². The van der Waals surface area contributed by atoms with Crippen molar-refractivity contribution in [2.45, 2.75) is 37.6 Å². The lowest BCUT2D eigenvalue weighted by atomic mass is 10.0. The van der Waals surface area contributed by atoms with Gasteiger partial charge in [0, 0.05) is 43.9 Å². The Morgan fingerprint density at radius 3 is 2.70 bits per heavy atom. The number of aromatic nitrogens is 5. The molecule has 1 aliphatic heterocycles. The summed E-state index contributed by atoms with van der Waals surface area (Å²) in [6.07, 6.45) is 7.96. The van der Waals surface area contributed by atoms with Crippen molar-refractivity contribution >= 4 is 40.0 Å². The molecule has 4 aromatic rings. The number of likely N-dealkylation sites (tertiary alicyclic amines) is 1. The minimum Gasteiger partial charge on any atom is -0.366 e. The lowest BCUT2D eigenvalue weighted by Gasteiger charge is -2.29. The third-order valence-electron chi connectivity index (χ3n) is 6.86. The van der Waals surface area contributed by atoms with Gasteiger partial charge in [0.1, 0.15) is 23.6 Å². The lowest BCUT2D eigenvalue weighted by molar-refractivity contribution is -0.132. The Morgan fingerprint density at radius 2 is 1.97 bits per heavy atom. The van der Waals surface area contributed by atoms with Crippen LogP contribution in [0.5, 0.6) is 0 Å². The molecule has 1 atom stereocenters. The second-order valence-corrected chi connectivity index (χ2v) is 9.53. The highest BCUT2D eigenvalue weighted by Gasteiger charge is 2.27. The fourth-order valence-corrected chi connectivity index (χ4v) is 4.58. The van der Waals surface area contributed by atoms with Crippen molar-refractivity contribution in [2.24, 2.45) is 0 Å². The fraction of sp³-hybridized carbons (Fsp3) is 0.308. The van der Waals surface area contributed by atoms with Gasteiger partial charge >= 0.3 is 0 Å². The van der Waals surface area contributed by atoms with E-state index in [0.29, 0.717) is 41.4 Å². The molecular weight excluding hydrogens is 475 g/mol. The van der Waals surface area contributed by atoms with E-state index in [2.05, 4.69) is 35.6 Å². The van der Waals surface area contributed by atoms with Gasteiger partial charge in [-0.25, -0.2) is 15.0 Å². The van der Waals surface area contributed by atoms with E-state index in [4.69, 9.17) is 0 Å². The maximum absolute atomic E-state index is 15.0. The van der Waals surface area contributed by atoms with Crippen molar-refractivity contribution in [3.8, 4) is 0 Å². The fourth-order valence-electron chi connectivity index (χ4n) is 4.58. The van der Waals surface area contributed by atoms with Gasteiger partial charge in [-0.15, -0.1) is 0 Å². The number of anilines is 3. The first-order valence-electron chi connectivity index (χ1n) is 12.2. The summed E-state index contributed by atoms with van der Waals surface area (Å²) >= 11 is 0. The lowest BCUT2D eigenvalue weighted by Crippen LogP contribution is -2.41. The summed E-state index contributed by atoms with van der Waals surface area (Å²) in [6, 6.07) is 6.68. The van der Waals surface area contributed by atoms with Gasteiger partial charge < -0.3 is 20.5 Å². The molecule has 2 aliphatic rings. The molecule has 4 aromatic heterocycles. The molecule has 37 heavy (non-hydrogen) atoms. The minimum atomic E-state index is -0.890. The molecule has 1 aliphatic carbocycles. The number of H-pyrrole nitrogens is 1. The van der Waals surface area contributed by atoms with Crippen molar-refractivity contribution in [1.29, 1.82) is 0 Å². The maximum Gasteiger partial charge on any atom is 0.226 e. The number of rotatable bonds is 7. The number of piperidine rings is 1. The molecule has 2 fully saturated rings. The zero-order valence-corrected chi connectivity index (χ0v) is 20.2. The molecule has 188 valence electrons. The first kappa shape index (κ1) is 23.0. The SMILES string of the molecule is CN1CCC(Nc2ncnc3[nH]cc(C(=O)c4ccc(Nc5ccc(C6CC6)nc5)nc4F)c23)CC1=O. The van der Waals surface area contributed by atoms with E-state index in [1.807, 2.05) is 12.1 Å². The van der Waals surface area contributed by atoms with Crippen molar-refractivity contribution in [3.05, 3.63) is 65.8 Å². The highest BCUT2D eigenvalue weighted by atomic mass is 19.1. The van der Waals surface area contributed by atoms with Gasteiger partial charge in [0.2, 0.25) is 11.9 Å². The number of ketones is 1. The summed E-state index contributed by atoms with van der Waals surface area (Å²) in [7, 11) is 1.77. The van der Waals surface area contributed by atoms with E-state index < -0.39 is 11.7 Å². The Kier molecular flexibility index (Phi) is 5.74. The van der Waals surface area contributed by atoms with Crippen LogP contribution in [0.1, 0.15) is 53.2 Å². The van der Waals surface area contributed by atoms with Crippen LogP contribution in [0, 0.1) is 5.95 Å². The van der Waals surface area contributed by atoms with Gasteiger partial charge in [0.05, 0.1) is 28.4 Å². The minimum absolute atomic E-state index is 0.0379. The number of amides is 1. The Labute approximate surface area is 211 Å². The molecule has 1 unspecified atom stereocenters. The Hall–Kier alpha value is -4.41. The Balaban J connectivity index is 1.24. The molecule has 0 aromatic carbocycles. The molecule has 5 heterocycles. The van der Waals surface area contributed by atoms with Crippen molar-refractivity contribution < 1.29 is 14.0 Å². The van der Waals surface area contributed by atoms with Crippen molar-refractivity contribution in [3.63, 3.8) is 0 Å². The van der Waals surface area contributed by atoms with Crippen LogP contribution in [0.4, 0.5) is 21.7 Å². The van der Waals surface area contributed by atoms with Gasteiger partial charge in [-0.3, -0.25) is 14.6 Å². The topological polar surface area (TPSA) is 129 Å². The van der Waals surface area contributed by atoms with Crippen LogP contribution in [0.2, 0.25) is 0 Å². The maximum atomic E-state index is 15.0. The number of hydrogen-bond donors (Lipinski definition) is 3. The van der Waals surface area contributed by atoms with Crippen LogP contribution in [-0.2, 0) is 4.79 Å². The number of carbonyl (C=O) groups is 2. The van der Waals surface area contributed by atoms with Crippen molar-refractivity contribution in [1.82, 2.24) is 29.8 Å². The summed E-state index contributed by atoms with van der Waals surface area (Å²) in [6.45, 7) is 0.627. The van der Waals surface area contributed by atoms with E-state index in [0.717, 1.165) is 12.1 Å². The monoisotopic (exact) mass is 500 g/mol. The second kappa shape index (κ2) is 9.23. The summed E-state index contributed by atoms with van der Waals surface area (Å²) < 4.78 is 15.0. The molecule has 6 rings (SSSR count). The Bertz CT molecular complexity index is 1500. The summed E-state index contributed by atoms with van der Waals surface area (Å²) in [5.41, 5.74) is 2.24. The highest BCUT2D eigenvalue weighted by Crippen LogP contribution is 2.39. The number of halogens is 1. The van der Waals surface area contributed by atoms with Gasteiger partial charge in [0.15, 0.2) is 5.78 Å². The molecule has 0 radical (unpaired) electrons. The van der Waals surface area contributed by atoms with E-state index >= 15 is 4.39 Å². The van der Waals surface area contributed by atoms with E-state index in [9.17, 15) is 9.59 Å². The Morgan fingerprint density at radius 1 is 1.11 bits per heavy atom. The van der Waals surface area contributed by atoms with Crippen LogP contribution in [-0.4, -0.2) is 61.1 Å². The zero-order chi connectivity index (χ0) is 25.5. The number of hydrogen-bond acceptors (Lipinski definition) is 8. The van der Waals surface area contributed by atoms with E-state index in [1.54, 1.807) is 24.2 Å². The normalized spacial score (nSPS) is 17.7. The molecule has 1 saturated heterocycles. The molecule has 11 heteroatoms. The average molecular weight is 501 g/mol. The molecule has 3 N–H and O–H groups in total. The van der Waals surface area contributed by atoms with Crippen molar-refractivity contribution in [2.75, 3.05) is 24.2 Å². The number of fused-ring (bicyclic) bond motifs is 1. The molecule has 1 amide bonds. The van der Waals surface area contributed by atoms with Gasteiger partial charge in [0.25, 0.3) is 0 Å². The van der Waals surface area contributed by atoms with Gasteiger partial charge in [-0.1, -0.05) is 0 Å². The molecule has 1 saturated carbocycles. The summed E-state index contributed by atoms with van der Waals surface area (Å²) in [4.78, 5) is 47.1. The van der Waals surface area contributed by atoms with Gasteiger partial charge in [-0.2, -0.15) is 4.39 Å². The third-order valence-corrected chi connectivity index (χ3v) is 6.86. The average Bonchev–Trinajstić information content (AvgIpc) is 3.65. The van der Waals surface area contributed by atoms with E-state index in [-0.39, 0.29) is 28.9 Å². The summed E-state index contributed by atoms with van der Waals surface area (Å²) in [5, 5.41) is 6.75. The molecule has 0 spiro atoms.